The van der Waals surface area contributed by atoms with Gasteiger partial charge in [0.25, 0.3) is 5.91 Å². The van der Waals surface area contributed by atoms with E-state index in [9.17, 15) is 13.6 Å². The molecule has 4 N–H and O–H groups in total. The normalized spacial score (nSPS) is 10.3. The molecule has 2 rings (SSSR count). The van der Waals surface area contributed by atoms with E-state index in [-0.39, 0.29) is 22.7 Å². The molecule has 0 fully saturated rings. The number of nitrogens with two attached hydrogens (primary N) is 2. The van der Waals surface area contributed by atoms with Gasteiger partial charge in [-0.05, 0) is 18.2 Å². The van der Waals surface area contributed by atoms with Crippen LogP contribution in [0.5, 0.6) is 11.5 Å². The maximum Gasteiger partial charge on any atom is 0.250 e. The lowest BCUT2D eigenvalue weighted by Gasteiger charge is -2.10. The summed E-state index contributed by atoms with van der Waals surface area (Å²) in [5.41, 5.74) is 10.4. The number of carbonyl (C=O) groups is 1. The van der Waals surface area contributed by atoms with E-state index in [0.29, 0.717) is 4.47 Å². The summed E-state index contributed by atoms with van der Waals surface area (Å²) in [4.78, 5) is 11.1. The first-order valence-electron chi connectivity index (χ1n) is 5.39. The Balaban J connectivity index is 2.42. The van der Waals surface area contributed by atoms with E-state index in [4.69, 9.17) is 16.2 Å². The van der Waals surface area contributed by atoms with Gasteiger partial charge in [-0.25, -0.2) is 8.78 Å². The van der Waals surface area contributed by atoms with Crippen LogP contribution in [-0.2, 0) is 0 Å². The molecule has 0 aliphatic carbocycles. The third-order valence-corrected chi connectivity index (χ3v) is 2.89. The van der Waals surface area contributed by atoms with Crippen LogP contribution in [0.4, 0.5) is 14.5 Å². The highest BCUT2D eigenvalue weighted by Crippen LogP contribution is 2.30. The molecular formula is C13H9BrF2N2O2. The maximum absolute atomic E-state index is 13.7. The second kappa shape index (κ2) is 5.46. The number of hydrogen-bond acceptors (Lipinski definition) is 3. The molecule has 2 aromatic rings. The first-order chi connectivity index (χ1) is 9.36. The Kier molecular flexibility index (Phi) is 3.89. The van der Waals surface area contributed by atoms with E-state index < -0.39 is 17.5 Å². The molecule has 4 nitrogen and oxygen atoms in total. The van der Waals surface area contributed by atoms with Crippen LogP contribution in [0.1, 0.15) is 10.4 Å². The number of primary amides is 1. The summed E-state index contributed by atoms with van der Waals surface area (Å²) in [6, 6.07) is 5.74. The topological polar surface area (TPSA) is 78.3 Å². The molecule has 0 saturated heterocycles. The molecule has 2 aromatic carbocycles. The molecular weight excluding hydrogens is 334 g/mol. The highest BCUT2D eigenvalue weighted by atomic mass is 79.9. The third kappa shape index (κ3) is 3.05. The van der Waals surface area contributed by atoms with Crippen LogP contribution < -0.4 is 16.2 Å². The van der Waals surface area contributed by atoms with Crippen molar-refractivity contribution in [3.8, 4) is 11.5 Å². The molecule has 20 heavy (non-hydrogen) atoms. The van der Waals surface area contributed by atoms with Crippen LogP contribution in [0.25, 0.3) is 0 Å². The molecule has 0 aliphatic heterocycles. The lowest BCUT2D eigenvalue weighted by Crippen LogP contribution is -2.14. The number of hydrogen-bond donors (Lipinski definition) is 2. The summed E-state index contributed by atoms with van der Waals surface area (Å²) in [6.07, 6.45) is 0. The fourth-order valence-corrected chi connectivity index (χ4v) is 2.02. The lowest BCUT2D eigenvalue weighted by molar-refractivity contribution is 0.100. The van der Waals surface area contributed by atoms with Gasteiger partial charge in [-0.2, -0.15) is 0 Å². The van der Waals surface area contributed by atoms with Crippen LogP contribution in [0.3, 0.4) is 0 Å². The van der Waals surface area contributed by atoms with Crippen LogP contribution in [0, 0.1) is 11.6 Å². The van der Waals surface area contributed by atoms with Crippen molar-refractivity contribution < 1.29 is 18.3 Å². The number of ether oxygens (including phenoxy) is 1. The summed E-state index contributed by atoms with van der Waals surface area (Å²) in [5.74, 6) is -2.36. The first kappa shape index (κ1) is 14.3. The smallest absolute Gasteiger partial charge is 0.250 e. The van der Waals surface area contributed by atoms with E-state index >= 15 is 0 Å². The SMILES string of the molecule is NC(=O)c1cc(Oc2cc(F)cc(Br)c2)c(F)cc1N. The summed E-state index contributed by atoms with van der Waals surface area (Å²) in [7, 11) is 0. The Morgan fingerprint density at radius 3 is 2.45 bits per heavy atom. The predicted octanol–water partition coefficient (Wildman–Crippen LogP) is 3.20. The minimum atomic E-state index is -0.812. The summed E-state index contributed by atoms with van der Waals surface area (Å²) in [6.45, 7) is 0. The van der Waals surface area contributed by atoms with Crippen molar-refractivity contribution in [2.75, 3.05) is 5.73 Å². The quantitative estimate of drug-likeness (QED) is 0.840. The molecule has 0 bridgehead atoms. The molecule has 0 radical (unpaired) electrons. The molecule has 1 amide bonds. The Morgan fingerprint density at radius 2 is 1.85 bits per heavy atom. The highest BCUT2D eigenvalue weighted by molar-refractivity contribution is 9.10. The summed E-state index contributed by atoms with van der Waals surface area (Å²) >= 11 is 3.09. The van der Waals surface area contributed by atoms with Crippen LogP contribution >= 0.6 is 15.9 Å². The third-order valence-electron chi connectivity index (χ3n) is 2.43. The van der Waals surface area contributed by atoms with Crippen molar-refractivity contribution in [2.24, 2.45) is 5.73 Å². The van der Waals surface area contributed by atoms with Gasteiger partial charge in [0.15, 0.2) is 11.6 Å². The van der Waals surface area contributed by atoms with E-state index in [1.54, 1.807) is 0 Å². The van der Waals surface area contributed by atoms with E-state index in [1.165, 1.54) is 12.1 Å². The standard InChI is InChI=1S/C13H9BrF2N2O2/c14-6-1-7(15)3-8(2-6)20-12-4-9(13(18)19)11(17)5-10(12)16/h1-5H,17H2,(H2,18,19). The number of rotatable bonds is 3. The molecule has 0 aromatic heterocycles. The number of benzene rings is 2. The highest BCUT2D eigenvalue weighted by Gasteiger charge is 2.14. The zero-order chi connectivity index (χ0) is 14.9. The largest absolute Gasteiger partial charge is 0.454 e. The van der Waals surface area contributed by atoms with Gasteiger partial charge in [-0.1, -0.05) is 15.9 Å². The van der Waals surface area contributed by atoms with Gasteiger partial charge in [-0.3, -0.25) is 4.79 Å². The van der Waals surface area contributed by atoms with Crippen LogP contribution in [-0.4, -0.2) is 5.91 Å². The minimum absolute atomic E-state index is 0.0657. The average molecular weight is 343 g/mol. The minimum Gasteiger partial charge on any atom is -0.454 e. The van der Waals surface area contributed by atoms with Crippen LogP contribution in [0.2, 0.25) is 0 Å². The van der Waals surface area contributed by atoms with E-state index in [2.05, 4.69) is 15.9 Å². The zero-order valence-electron chi connectivity index (χ0n) is 9.99. The van der Waals surface area contributed by atoms with Crippen molar-refractivity contribution in [3.05, 3.63) is 52.0 Å². The second-order valence-electron chi connectivity index (χ2n) is 3.94. The first-order valence-corrected chi connectivity index (χ1v) is 6.19. The van der Waals surface area contributed by atoms with Gasteiger partial charge >= 0.3 is 0 Å². The summed E-state index contributed by atoms with van der Waals surface area (Å²) < 4.78 is 32.6. The van der Waals surface area contributed by atoms with E-state index in [1.807, 2.05) is 0 Å². The van der Waals surface area contributed by atoms with Crippen molar-refractivity contribution in [2.45, 2.75) is 0 Å². The van der Waals surface area contributed by atoms with Crippen molar-refractivity contribution >= 4 is 27.5 Å². The molecule has 0 atom stereocenters. The molecule has 0 spiro atoms. The molecule has 0 saturated carbocycles. The maximum atomic E-state index is 13.7. The Labute approximate surface area is 121 Å². The summed E-state index contributed by atoms with van der Waals surface area (Å²) in [5, 5.41) is 0. The fraction of sp³-hybridized carbons (Fsp3) is 0. The molecule has 0 heterocycles. The van der Waals surface area contributed by atoms with Gasteiger partial charge in [-0.15, -0.1) is 0 Å². The Hall–Kier alpha value is -2.15. The average Bonchev–Trinajstić information content (AvgIpc) is 2.30. The molecule has 0 unspecified atom stereocenters. The van der Waals surface area contributed by atoms with Crippen molar-refractivity contribution in [1.29, 1.82) is 0 Å². The lowest BCUT2D eigenvalue weighted by atomic mass is 10.1. The predicted molar refractivity (Wildman–Crippen MR) is 73.5 cm³/mol. The zero-order valence-corrected chi connectivity index (χ0v) is 11.6. The molecule has 104 valence electrons. The number of anilines is 1. The van der Waals surface area contributed by atoms with Gasteiger partial charge in [0, 0.05) is 22.3 Å². The number of halogens is 3. The number of amides is 1. The Morgan fingerprint density at radius 1 is 1.15 bits per heavy atom. The van der Waals surface area contributed by atoms with Gasteiger partial charge in [0.05, 0.1) is 5.56 Å². The van der Waals surface area contributed by atoms with Gasteiger partial charge < -0.3 is 16.2 Å². The van der Waals surface area contributed by atoms with Crippen molar-refractivity contribution in [1.82, 2.24) is 0 Å². The van der Waals surface area contributed by atoms with Gasteiger partial charge in [0.2, 0.25) is 0 Å². The number of nitrogen functional groups attached to an aromatic ring is 1. The van der Waals surface area contributed by atoms with E-state index in [0.717, 1.165) is 18.2 Å². The molecule has 0 aliphatic rings. The number of carbonyl (C=O) groups excluding carboxylic acids is 1. The van der Waals surface area contributed by atoms with Crippen LogP contribution in [0.15, 0.2) is 34.8 Å². The second-order valence-corrected chi connectivity index (χ2v) is 4.86. The van der Waals surface area contributed by atoms with Gasteiger partial charge in [0.1, 0.15) is 11.6 Å². The monoisotopic (exact) mass is 342 g/mol. The Bertz CT molecular complexity index is 672. The molecule has 7 heteroatoms. The fourth-order valence-electron chi connectivity index (χ4n) is 1.57. The van der Waals surface area contributed by atoms with Crippen molar-refractivity contribution in [3.63, 3.8) is 0 Å².